The van der Waals surface area contributed by atoms with Crippen LogP contribution in [0.5, 0.6) is 0 Å². The zero-order valence-electron chi connectivity index (χ0n) is 11.0. The maximum atomic E-state index is 11.8. The van der Waals surface area contributed by atoms with Crippen LogP contribution in [0.1, 0.15) is 26.7 Å². The van der Waals surface area contributed by atoms with Gasteiger partial charge in [0.1, 0.15) is 0 Å². The second-order valence-electron chi connectivity index (χ2n) is 5.77. The quantitative estimate of drug-likeness (QED) is 0.542. The van der Waals surface area contributed by atoms with Crippen LogP contribution in [0.25, 0.3) is 0 Å². The third-order valence-corrected chi connectivity index (χ3v) is 3.95. The zero-order valence-corrected chi connectivity index (χ0v) is 11.0. The predicted molar refractivity (Wildman–Crippen MR) is 65.9 cm³/mol. The number of hydrogen-bond acceptors (Lipinski definition) is 5. The lowest BCUT2D eigenvalue weighted by molar-refractivity contribution is -0.148. The highest BCUT2D eigenvalue weighted by molar-refractivity contribution is 6.02. The maximum absolute atomic E-state index is 11.8. The number of β-amino-alcohol motifs (C(OH)–C–C–N with tert-alkyl or cyclic N) is 1. The van der Waals surface area contributed by atoms with Crippen molar-refractivity contribution in [3.05, 3.63) is 0 Å². The van der Waals surface area contributed by atoms with Crippen LogP contribution in [0.15, 0.2) is 0 Å². The molecule has 6 nitrogen and oxygen atoms in total. The van der Waals surface area contributed by atoms with Gasteiger partial charge in [0, 0.05) is 6.54 Å². The Hall–Kier alpha value is -0.980. The molecular formula is C12H21N3O3. The van der Waals surface area contributed by atoms with E-state index in [0.29, 0.717) is 19.4 Å². The van der Waals surface area contributed by atoms with E-state index in [1.165, 1.54) is 0 Å². The molecule has 2 amide bonds. The number of nitrogens with zero attached hydrogens (tertiary/aromatic N) is 1. The van der Waals surface area contributed by atoms with Crippen LogP contribution in [0, 0.1) is 0 Å². The minimum absolute atomic E-state index is 0.161. The molecule has 0 aliphatic carbocycles. The fourth-order valence-corrected chi connectivity index (χ4v) is 2.49. The van der Waals surface area contributed by atoms with Gasteiger partial charge in [-0.05, 0) is 39.8 Å². The number of carbonyl (C=O) groups excluding carboxylic acids is 2. The molecule has 2 aliphatic heterocycles. The number of piperazine rings is 1. The third kappa shape index (κ3) is 2.55. The van der Waals surface area contributed by atoms with Gasteiger partial charge in [0.25, 0.3) is 0 Å². The SMILES string of the molecule is CC1(C)C(=O)NC(=O)CN1CC1(O)CCNCC1. The molecule has 6 heteroatoms. The number of carbonyl (C=O) groups is 2. The Bertz CT molecular complexity index is 362. The van der Waals surface area contributed by atoms with Crippen molar-refractivity contribution in [2.75, 3.05) is 26.2 Å². The Labute approximate surface area is 107 Å². The molecule has 0 aromatic carbocycles. The average Bonchev–Trinajstić information content (AvgIpc) is 2.26. The molecule has 2 saturated heterocycles. The molecule has 0 radical (unpaired) electrons. The smallest absolute Gasteiger partial charge is 0.246 e. The third-order valence-electron chi connectivity index (χ3n) is 3.95. The summed E-state index contributed by atoms with van der Waals surface area (Å²) in [4.78, 5) is 25.0. The summed E-state index contributed by atoms with van der Waals surface area (Å²) in [7, 11) is 0. The second-order valence-corrected chi connectivity index (χ2v) is 5.77. The number of aliphatic hydroxyl groups is 1. The van der Waals surface area contributed by atoms with Crippen LogP contribution in [0.3, 0.4) is 0 Å². The number of amides is 2. The fourth-order valence-electron chi connectivity index (χ4n) is 2.49. The number of rotatable bonds is 2. The highest BCUT2D eigenvalue weighted by Crippen LogP contribution is 2.25. The summed E-state index contributed by atoms with van der Waals surface area (Å²) in [5.41, 5.74) is -1.56. The first kappa shape index (κ1) is 13.5. The van der Waals surface area contributed by atoms with Crippen molar-refractivity contribution in [1.29, 1.82) is 0 Å². The zero-order chi connectivity index (χ0) is 13.4. The van der Waals surface area contributed by atoms with Crippen molar-refractivity contribution in [2.45, 2.75) is 37.8 Å². The largest absolute Gasteiger partial charge is 0.388 e. The molecule has 0 bridgehead atoms. The van der Waals surface area contributed by atoms with E-state index in [-0.39, 0.29) is 18.4 Å². The lowest BCUT2D eigenvalue weighted by Crippen LogP contribution is -2.67. The molecule has 2 aliphatic rings. The van der Waals surface area contributed by atoms with Crippen LogP contribution >= 0.6 is 0 Å². The molecule has 2 heterocycles. The first-order valence-corrected chi connectivity index (χ1v) is 6.36. The van der Waals surface area contributed by atoms with Crippen LogP contribution in [0.2, 0.25) is 0 Å². The molecular weight excluding hydrogens is 234 g/mol. The Morgan fingerprint density at radius 2 is 1.89 bits per heavy atom. The van der Waals surface area contributed by atoms with Gasteiger partial charge in [0.2, 0.25) is 11.8 Å². The van der Waals surface area contributed by atoms with Crippen molar-refractivity contribution < 1.29 is 14.7 Å². The minimum atomic E-state index is -0.805. The van der Waals surface area contributed by atoms with Gasteiger partial charge in [-0.25, -0.2) is 0 Å². The molecule has 0 atom stereocenters. The summed E-state index contributed by atoms with van der Waals surface area (Å²) in [6.07, 6.45) is 1.30. The lowest BCUT2D eigenvalue weighted by atomic mass is 9.88. The van der Waals surface area contributed by atoms with Gasteiger partial charge in [-0.2, -0.15) is 0 Å². The Balaban J connectivity index is 2.10. The van der Waals surface area contributed by atoms with Gasteiger partial charge >= 0.3 is 0 Å². The number of imide groups is 1. The van der Waals surface area contributed by atoms with Crippen LogP contribution in [-0.2, 0) is 9.59 Å². The van der Waals surface area contributed by atoms with Crippen LogP contribution in [0.4, 0.5) is 0 Å². The molecule has 0 saturated carbocycles. The van der Waals surface area contributed by atoms with E-state index in [1.54, 1.807) is 18.7 Å². The van der Waals surface area contributed by atoms with Gasteiger partial charge in [0.05, 0.1) is 17.7 Å². The molecule has 2 fully saturated rings. The monoisotopic (exact) mass is 255 g/mol. The number of hydrogen-bond donors (Lipinski definition) is 3. The van der Waals surface area contributed by atoms with Crippen LogP contribution in [-0.4, -0.2) is 59.1 Å². The van der Waals surface area contributed by atoms with E-state index in [4.69, 9.17) is 0 Å². The van der Waals surface area contributed by atoms with Gasteiger partial charge in [0.15, 0.2) is 0 Å². The van der Waals surface area contributed by atoms with Gasteiger partial charge in [-0.3, -0.25) is 19.8 Å². The molecule has 102 valence electrons. The highest BCUT2D eigenvalue weighted by Gasteiger charge is 2.44. The second kappa shape index (κ2) is 4.60. The fraction of sp³-hybridized carbons (Fsp3) is 0.833. The molecule has 0 unspecified atom stereocenters. The summed E-state index contributed by atoms with van der Waals surface area (Å²) >= 11 is 0. The molecule has 2 rings (SSSR count). The van der Waals surface area contributed by atoms with E-state index < -0.39 is 11.1 Å². The summed E-state index contributed by atoms with van der Waals surface area (Å²) in [5.74, 6) is -0.590. The molecule has 0 spiro atoms. The Morgan fingerprint density at radius 1 is 1.28 bits per heavy atom. The first-order chi connectivity index (χ1) is 8.33. The normalized spacial score (nSPS) is 27.9. The minimum Gasteiger partial charge on any atom is -0.388 e. The molecule has 3 N–H and O–H groups in total. The number of piperidine rings is 1. The van der Waals surface area contributed by atoms with Gasteiger partial charge in [-0.15, -0.1) is 0 Å². The Morgan fingerprint density at radius 3 is 2.50 bits per heavy atom. The first-order valence-electron chi connectivity index (χ1n) is 6.36. The van der Waals surface area contributed by atoms with Crippen molar-refractivity contribution >= 4 is 11.8 Å². The lowest BCUT2D eigenvalue weighted by Gasteiger charge is -2.45. The molecule has 0 aromatic rings. The van der Waals surface area contributed by atoms with Crippen molar-refractivity contribution in [3.63, 3.8) is 0 Å². The van der Waals surface area contributed by atoms with E-state index in [1.807, 2.05) is 0 Å². The number of nitrogens with one attached hydrogen (secondary N) is 2. The van der Waals surface area contributed by atoms with E-state index in [2.05, 4.69) is 10.6 Å². The average molecular weight is 255 g/mol. The van der Waals surface area contributed by atoms with Gasteiger partial charge in [-0.1, -0.05) is 0 Å². The maximum Gasteiger partial charge on any atom is 0.246 e. The van der Waals surface area contributed by atoms with Crippen LogP contribution < -0.4 is 10.6 Å². The summed E-state index contributed by atoms with van der Waals surface area (Å²) in [6, 6.07) is 0. The summed E-state index contributed by atoms with van der Waals surface area (Å²) < 4.78 is 0. The predicted octanol–water partition coefficient (Wildman–Crippen LogP) is -1.16. The van der Waals surface area contributed by atoms with Crippen molar-refractivity contribution in [3.8, 4) is 0 Å². The molecule has 18 heavy (non-hydrogen) atoms. The van der Waals surface area contributed by atoms with E-state index >= 15 is 0 Å². The van der Waals surface area contributed by atoms with Crippen molar-refractivity contribution in [1.82, 2.24) is 15.5 Å². The molecule has 0 aromatic heterocycles. The highest BCUT2D eigenvalue weighted by atomic mass is 16.3. The topological polar surface area (TPSA) is 81.7 Å². The Kier molecular flexibility index (Phi) is 3.44. The summed E-state index contributed by atoms with van der Waals surface area (Å²) in [6.45, 7) is 5.61. The standard InChI is InChI=1S/C12H21N3O3/c1-11(2)10(17)14-9(16)7-15(11)8-12(18)3-5-13-6-4-12/h13,18H,3-8H2,1-2H3,(H,14,16,17). The van der Waals surface area contributed by atoms with E-state index in [0.717, 1.165) is 13.1 Å². The summed E-state index contributed by atoms with van der Waals surface area (Å²) in [5, 5.41) is 16.0. The van der Waals surface area contributed by atoms with E-state index in [9.17, 15) is 14.7 Å². The van der Waals surface area contributed by atoms with Crippen molar-refractivity contribution in [2.24, 2.45) is 0 Å². The van der Waals surface area contributed by atoms with Gasteiger partial charge < -0.3 is 10.4 Å².